The van der Waals surface area contributed by atoms with E-state index in [1.54, 1.807) is 19.2 Å². The molecule has 0 fully saturated rings. The van der Waals surface area contributed by atoms with Gasteiger partial charge < -0.3 is 9.84 Å². The number of ether oxygens (including phenoxy) is 1. The molecule has 0 bridgehead atoms. The Hall–Kier alpha value is -2.29. The molecule has 0 aliphatic carbocycles. The number of allylic oxidation sites excluding steroid dienone is 4. The standard InChI is InChI=1S/C18H22O3/c1-12(2)6-8-14-10-16(18(19)20)11-15(17(14)21-5)9-7-13(3)4/h6-8,10-11H,1,9H2,2-5H3,(H,19,20)/b8-6+. The lowest BCUT2D eigenvalue weighted by Gasteiger charge is -2.12. The van der Waals surface area contributed by atoms with Crippen molar-refractivity contribution in [3.05, 3.63) is 58.7 Å². The van der Waals surface area contributed by atoms with Gasteiger partial charge in [0.15, 0.2) is 0 Å². The minimum absolute atomic E-state index is 0.259. The Morgan fingerprint density at radius 1 is 1.33 bits per heavy atom. The molecular weight excluding hydrogens is 264 g/mol. The second-order valence-electron chi connectivity index (χ2n) is 5.23. The number of hydrogen-bond acceptors (Lipinski definition) is 2. The Bertz CT molecular complexity index is 603. The summed E-state index contributed by atoms with van der Waals surface area (Å²) < 4.78 is 5.47. The molecule has 0 aliphatic rings. The maximum absolute atomic E-state index is 11.3. The van der Waals surface area contributed by atoms with E-state index in [0.29, 0.717) is 12.2 Å². The van der Waals surface area contributed by atoms with Crippen LogP contribution in [-0.2, 0) is 6.42 Å². The summed E-state index contributed by atoms with van der Waals surface area (Å²) in [7, 11) is 1.60. The van der Waals surface area contributed by atoms with Crippen molar-refractivity contribution < 1.29 is 14.6 Å². The Morgan fingerprint density at radius 2 is 2.00 bits per heavy atom. The van der Waals surface area contributed by atoms with Crippen molar-refractivity contribution in [1.82, 2.24) is 0 Å². The molecule has 1 aromatic rings. The molecule has 3 nitrogen and oxygen atoms in total. The van der Waals surface area contributed by atoms with Crippen LogP contribution >= 0.6 is 0 Å². The largest absolute Gasteiger partial charge is 0.496 e. The van der Waals surface area contributed by atoms with Crippen LogP contribution in [0, 0.1) is 0 Å². The van der Waals surface area contributed by atoms with Gasteiger partial charge in [-0.2, -0.15) is 0 Å². The third-order valence-electron chi connectivity index (χ3n) is 2.92. The summed E-state index contributed by atoms with van der Waals surface area (Å²) in [5.41, 5.74) is 3.94. The summed E-state index contributed by atoms with van der Waals surface area (Å²) >= 11 is 0. The van der Waals surface area contributed by atoms with Crippen LogP contribution in [0.15, 0.2) is 42.0 Å². The van der Waals surface area contributed by atoms with Gasteiger partial charge in [-0.3, -0.25) is 0 Å². The van der Waals surface area contributed by atoms with E-state index in [0.717, 1.165) is 16.7 Å². The molecule has 0 atom stereocenters. The van der Waals surface area contributed by atoms with Crippen molar-refractivity contribution in [2.24, 2.45) is 0 Å². The second-order valence-corrected chi connectivity index (χ2v) is 5.23. The van der Waals surface area contributed by atoms with E-state index in [1.165, 1.54) is 5.57 Å². The van der Waals surface area contributed by atoms with Crippen LogP contribution in [0.2, 0.25) is 0 Å². The molecule has 0 spiro atoms. The van der Waals surface area contributed by atoms with Gasteiger partial charge in [0.2, 0.25) is 0 Å². The summed E-state index contributed by atoms with van der Waals surface area (Å²) in [4.78, 5) is 11.3. The molecule has 0 aliphatic heterocycles. The molecule has 0 amide bonds. The number of methoxy groups -OCH3 is 1. The molecule has 0 unspecified atom stereocenters. The van der Waals surface area contributed by atoms with E-state index < -0.39 is 5.97 Å². The zero-order valence-electron chi connectivity index (χ0n) is 13.1. The van der Waals surface area contributed by atoms with Crippen molar-refractivity contribution in [2.75, 3.05) is 7.11 Å². The highest BCUT2D eigenvalue weighted by Gasteiger charge is 2.13. The summed E-state index contributed by atoms with van der Waals surface area (Å²) in [6, 6.07) is 3.28. The van der Waals surface area contributed by atoms with Crippen LogP contribution in [0.4, 0.5) is 0 Å². The number of carboxylic acids is 1. The van der Waals surface area contributed by atoms with Crippen LogP contribution in [0.3, 0.4) is 0 Å². The molecular formula is C18H22O3. The fourth-order valence-electron chi connectivity index (χ4n) is 1.91. The predicted octanol–water partition coefficient (Wildman–Crippen LogP) is 4.49. The number of benzene rings is 1. The average molecular weight is 286 g/mol. The van der Waals surface area contributed by atoms with Crippen molar-refractivity contribution in [2.45, 2.75) is 27.2 Å². The van der Waals surface area contributed by atoms with Gasteiger partial charge in [0.05, 0.1) is 12.7 Å². The number of hydrogen-bond donors (Lipinski definition) is 1. The van der Waals surface area contributed by atoms with E-state index >= 15 is 0 Å². The van der Waals surface area contributed by atoms with E-state index in [-0.39, 0.29) is 5.56 Å². The SMILES string of the molecule is C=C(C)/C=C/c1cc(C(=O)O)cc(CC=C(C)C)c1OC. The fourth-order valence-corrected chi connectivity index (χ4v) is 1.91. The number of rotatable bonds is 6. The smallest absolute Gasteiger partial charge is 0.335 e. The van der Waals surface area contributed by atoms with Crippen molar-refractivity contribution in [3.8, 4) is 5.75 Å². The van der Waals surface area contributed by atoms with E-state index in [4.69, 9.17) is 4.74 Å². The minimum atomic E-state index is -0.943. The molecule has 0 saturated heterocycles. The van der Waals surface area contributed by atoms with Gasteiger partial charge in [0.25, 0.3) is 0 Å². The van der Waals surface area contributed by atoms with Gasteiger partial charge in [-0.15, -0.1) is 0 Å². The van der Waals surface area contributed by atoms with Crippen LogP contribution in [0.5, 0.6) is 5.75 Å². The second kappa shape index (κ2) is 7.48. The Kier molecular flexibility index (Phi) is 5.97. The lowest BCUT2D eigenvalue weighted by Crippen LogP contribution is -2.02. The molecule has 0 heterocycles. The number of aromatic carboxylic acids is 1. The molecule has 112 valence electrons. The quantitative estimate of drug-likeness (QED) is 0.619. The van der Waals surface area contributed by atoms with E-state index in [2.05, 4.69) is 12.7 Å². The third kappa shape index (κ3) is 4.95. The first-order valence-corrected chi connectivity index (χ1v) is 6.76. The van der Waals surface area contributed by atoms with Gasteiger partial charge in [0.1, 0.15) is 5.75 Å². The van der Waals surface area contributed by atoms with Gasteiger partial charge in [-0.05, 0) is 44.9 Å². The summed E-state index contributed by atoms with van der Waals surface area (Å²) in [6.45, 7) is 9.71. The molecule has 0 saturated carbocycles. The summed E-state index contributed by atoms with van der Waals surface area (Å²) in [5.74, 6) is -0.240. The highest BCUT2D eigenvalue weighted by molar-refractivity contribution is 5.89. The van der Waals surface area contributed by atoms with Crippen LogP contribution in [-0.4, -0.2) is 18.2 Å². The van der Waals surface area contributed by atoms with Crippen molar-refractivity contribution in [1.29, 1.82) is 0 Å². The molecule has 1 N–H and O–H groups in total. The lowest BCUT2D eigenvalue weighted by atomic mass is 10.00. The molecule has 21 heavy (non-hydrogen) atoms. The van der Waals surface area contributed by atoms with Crippen LogP contribution < -0.4 is 4.74 Å². The first-order valence-electron chi connectivity index (χ1n) is 6.76. The third-order valence-corrected chi connectivity index (χ3v) is 2.92. The topological polar surface area (TPSA) is 46.5 Å². The monoisotopic (exact) mass is 286 g/mol. The zero-order chi connectivity index (χ0) is 16.0. The van der Waals surface area contributed by atoms with Crippen LogP contribution in [0.1, 0.15) is 42.3 Å². The summed E-state index contributed by atoms with van der Waals surface area (Å²) in [6.07, 6.45) is 6.37. The van der Waals surface area contributed by atoms with Crippen LogP contribution in [0.25, 0.3) is 6.08 Å². The lowest BCUT2D eigenvalue weighted by molar-refractivity contribution is 0.0696. The number of carboxylic acid groups (broad SMARTS) is 1. The average Bonchev–Trinajstić information content (AvgIpc) is 2.41. The predicted molar refractivity (Wildman–Crippen MR) is 86.9 cm³/mol. The van der Waals surface area contributed by atoms with E-state index in [9.17, 15) is 9.90 Å². The van der Waals surface area contributed by atoms with Gasteiger partial charge in [-0.1, -0.05) is 36.0 Å². The van der Waals surface area contributed by atoms with Crippen molar-refractivity contribution in [3.63, 3.8) is 0 Å². The Balaban J connectivity index is 3.42. The number of carbonyl (C=O) groups is 1. The zero-order valence-corrected chi connectivity index (χ0v) is 13.1. The molecule has 1 rings (SSSR count). The first-order chi connectivity index (χ1) is 9.85. The highest BCUT2D eigenvalue weighted by Crippen LogP contribution is 2.28. The van der Waals surface area contributed by atoms with Gasteiger partial charge in [0, 0.05) is 5.56 Å². The minimum Gasteiger partial charge on any atom is -0.496 e. The highest BCUT2D eigenvalue weighted by atomic mass is 16.5. The maximum Gasteiger partial charge on any atom is 0.335 e. The van der Waals surface area contributed by atoms with Gasteiger partial charge in [-0.25, -0.2) is 4.79 Å². The molecule has 0 radical (unpaired) electrons. The molecule has 3 heteroatoms. The molecule has 0 aromatic heterocycles. The fraction of sp³-hybridized carbons (Fsp3) is 0.278. The maximum atomic E-state index is 11.3. The Morgan fingerprint density at radius 3 is 2.48 bits per heavy atom. The normalized spacial score (nSPS) is 10.5. The van der Waals surface area contributed by atoms with Crippen molar-refractivity contribution >= 4 is 12.0 Å². The Labute approximate surface area is 126 Å². The van der Waals surface area contributed by atoms with E-state index in [1.807, 2.05) is 32.9 Å². The molecule has 1 aromatic carbocycles. The summed E-state index contributed by atoms with van der Waals surface area (Å²) in [5, 5.41) is 9.25. The first kappa shape index (κ1) is 16.8. The van der Waals surface area contributed by atoms with Gasteiger partial charge >= 0.3 is 5.97 Å².